The predicted octanol–water partition coefficient (Wildman–Crippen LogP) is 3.50. The topological polar surface area (TPSA) is 65.8 Å². The summed E-state index contributed by atoms with van der Waals surface area (Å²) in [5.74, 6) is 1.09. The first-order valence-electron chi connectivity index (χ1n) is 6.39. The number of rotatable bonds is 5. The molecule has 1 aromatic carbocycles. The molecule has 0 aliphatic carbocycles. The van der Waals surface area contributed by atoms with Gasteiger partial charge >= 0.3 is 0 Å². The molecule has 2 aromatic rings. The van der Waals surface area contributed by atoms with Crippen LogP contribution >= 0.6 is 23.1 Å². The molecule has 0 atom stereocenters. The SMILES string of the molecule is Cc1nc(NC(=O)CSCc2ccc(C#N)cc2)sc1C. The molecule has 4 nitrogen and oxygen atoms in total. The van der Waals surface area contributed by atoms with Gasteiger partial charge in [0.1, 0.15) is 0 Å². The molecule has 21 heavy (non-hydrogen) atoms. The van der Waals surface area contributed by atoms with Gasteiger partial charge in [-0.1, -0.05) is 12.1 Å². The lowest BCUT2D eigenvalue weighted by molar-refractivity contribution is -0.113. The number of aryl methyl sites for hydroxylation is 2. The molecular weight excluding hydrogens is 302 g/mol. The molecule has 1 heterocycles. The maximum Gasteiger partial charge on any atom is 0.236 e. The summed E-state index contributed by atoms with van der Waals surface area (Å²) >= 11 is 3.03. The van der Waals surface area contributed by atoms with Crippen molar-refractivity contribution < 1.29 is 4.79 Å². The van der Waals surface area contributed by atoms with Crippen LogP contribution in [-0.2, 0) is 10.5 Å². The molecule has 2 rings (SSSR count). The summed E-state index contributed by atoms with van der Waals surface area (Å²) < 4.78 is 0. The van der Waals surface area contributed by atoms with Gasteiger partial charge in [0, 0.05) is 10.6 Å². The van der Waals surface area contributed by atoms with E-state index in [2.05, 4.69) is 16.4 Å². The number of carbonyl (C=O) groups excluding carboxylic acids is 1. The number of benzene rings is 1. The van der Waals surface area contributed by atoms with Gasteiger partial charge in [-0.15, -0.1) is 23.1 Å². The Balaban J connectivity index is 1.77. The van der Waals surface area contributed by atoms with Crippen molar-refractivity contribution in [1.82, 2.24) is 4.98 Å². The second-order valence-electron chi connectivity index (χ2n) is 4.51. The minimum Gasteiger partial charge on any atom is -0.301 e. The fraction of sp³-hybridized carbons (Fsp3) is 0.267. The van der Waals surface area contributed by atoms with E-state index in [9.17, 15) is 4.79 Å². The van der Waals surface area contributed by atoms with Crippen LogP contribution in [0.1, 0.15) is 21.7 Å². The average molecular weight is 317 g/mol. The van der Waals surface area contributed by atoms with E-state index < -0.39 is 0 Å². The minimum absolute atomic E-state index is 0.0394. The molecule has 0 aliphatic heterocycles. The molecule has 0 unspecified atom stereocenters. The molecule has 0 saturated carbocycles. The Labute approximate surface area is 132 Å². The van der Waals surface area contributed by atoms with E-state index in [1.165, 1.54) is 11.3 Å². The van der Waals surface area contributed by atoms with E-state index in [4.69, 9.17) is 5.26 Å². The van der Waals surface area contributed by atoms with Gasteiger partial charge < -0.3 is 5.32 Å². The van der Waals surface area contributed by atoms with E-state index in [1.807, 2.05) is 26.0 Å². The molecule has 108 valence electrons. The third-order valence-corrected chi connectivity index (χ3v) is 4.85. The monoisotopic (exact) mass is 317 g/mol. The molecule has 0 aliphatic rings. The van der Waals surface area contributed by atoms with Crippen LogP contribution in [0.4, 0.5) is 5.13 Å². The zero-order valence-corrected chi connectivity index (χ0v) is 13.5. The van der Waals surface area contributed by atoms with Gasteiger partial charge in [0.2, 0.25) is 5.91 Å². The normalized spacial score (nSPS) is 10.1. The molecule has 1 amide bonds. The van der Waals surface area contributed by atoms with Crippen LogP contribution in [0.2, 0.25) is 0 Å². The van der Waals surface area contributed by atoms with Crippen LogP contribution in [0.25, 0.3) is 0 Å². The van der Waals surface area contributed by atoms with E-state index >= 15 is 0 Å². The fourth-order valence-corrected chi connectivity index (χ4v) is 3.24. The minimum atomic E-state index is -0.0394. The molecular formula is C15H15N3OS2. The van der Waals surface area contributed by atoms with Gasteiger partial charge in [-0.3, -0.25) is 4.79 Å². The quantitative estimate of drug-likeness (QED) is 0.916. The largest absolute Gasteiger partial charge is 0.301 e. The fourth-order valence-electron chi connectivity index (χ4n) is 1.62. The summed E-state index contributed by atoms with van der Waals surface area (Å²) in [6, 6.07) is 9.49. The van der Waals surface area contributed by atoms with E-state index in [-0.39, 0.29) is 5.91 Å². The lowest BCUT2D eigenvalue weighted by atomic mass is 10.2. The number of hydrogen-bond acceptors (Lipinski definition) is 5. The summed E-state index contributed by atoms with van der Waals surface area (Å²) in [5.41, 5.74) is 2.71. The van der Waals surface area contributed by atoms with Crippen LogP contribution in [0, 0.1) is 25.2 Å². The molecule has 0 radical (unpaired) electrons. The van der Waals surface area contributed by atoms with Gasteiger partial charge in [0.15, 0.2) is 5.13 Å². The highest BCUT2D eigenvalue weighted by molar-refractivity contribution is 7.99. The molecule has 1 aromatic heterocycles. The maximum absolute atomic E-state index is 11.8. The van der Waals surface area contributed by atoms with Crippen LogP contribution in [0.5, 0.6) is 0 Å². The number of anilines is 1. The Hall–Kier alpha value is -1.84. The van der Waals surface area contributed by atoms with Crippen molar-refractivity contribution in [2.75, 3.05) is 11.1 Å². The highest BCUT2D eigenvalue weighted by Crippen LogP contribution is 2.21. The Kier molecular flexibility index (Phi) is 5.37. The van der Waals surface area contributed by atoms with Crippen molar-refractivity contribution in [3.8, 4) is 6.07 Å². The third kappa shape index (κ3) is 4.59. The summed E-state index contributed by atoms with van der Waals surface area (Å²) in [6.45, 7) is 3.92. The number of nitrogens with zero attached hydrogens (tertiary/aromatic N) is 2. The summed E-state index contributed by atoms with van der Waals surface area (Å²) in [7, 11) is 0. The molecule has 0 saturated heterocycles. The number of nitrogens with one attached hydrogen (secondary N) is 1. The summed E-state index contributed by atoms with van der Waals surface area (Å²) in [6.07, 6.45) is 0. The number of amides is 1. The second-order valence-corrected chi connectivity index (χ2v) is 6.70. The van der Waals surface area contributed by atoms with Gasteiger partial charge in [-0.25, -0.2) is 4.98 Å². The van der Waals surface area contributed by atoms with Crippen molar-refractivity contribution in [3.05, 3.63) is 46.0 Å². The highest BCUT2D eigenvalue weighted by atomic mass is 32.2. The summed E-state index contributed by atoms with van der Waals surface area (Å²) in [4.78, 5) is 17.2. The Morgan fingerprint density at radius 3 is 2.67 bits per heavy atom. The molecule has 1 N–H and O–H groups in total. The predicted molar refractivity (Wildman–Crippen MR) is 87.5 cm³/mol. The lowest BCUT2D eigenvalue weighted by Crippen LogP contribution is -2.13. The van der Waals surface area contributed by atoms with Gasteiger partial charge in [-0.2, -0.15) is 5.26 Å². The number of aromatic nitrogens is 1. The van der Waals surface area contributed by atoms with Crippen molar-refractivity contribution in [2.24, 2.45) is 0 Å². The van der Waals surface area contributed by atoms with E-state index in [0.29, 0.717) is 16.4 Å². The smallest absolute Gasteiger partial charge is 0.236 e. The Morgan fingerprint density at radius 1 is 1.38 bits per heavy atom. The first-order valence-corrected chi connectivity index (χ1v) is 8.36. The van der Waals surface area contributed by atoms with Crippen LogP contribution in [-0.4, -0.2) is 16.6 Å². The average Bonchev–Trinajstić information content (AvgIpc) is 2.78. The van der Waals surface area contributed by atoms with Gasteiger partial charge in [0.25, 0.3) is 0 Å². The first-order chi connectivity index (χ1) is 10.1. The van der Waals surface area contributed by atoms with Crippen LogP contribution < -0.4 is 5.32 Å². The van der Waals surface area contributed by atoms with Gasteiger partial charge in [-0.05, 0) is 31.5 Å². The van der Waals surface area contributed by atoms with Crippen molar-refractivity contribution >= 4 is 34.1 Å². The number of thioether (sulfide) groups is 1. The maximum atomic E-state index is 11.8. The Morgan fingerprint density at radius 2 is 2.10 bits per heavy atom. The number of thiazole rings is 1. The number of hydrogen-bond donors (Lipinski definition) is 1. The Bertz CT molecular complexity index is 652. The molecule has 0 spiro atoms. The van der Waals surface area contributed by atoms with Crippen molar-refractivity contribution in [1.29, 1.82) is 5.26 Å². The van der Waals surface area contributed by atoms with E-state index in [0.717, 1.165) is 21.9 Å². The first kappa shape index (κ1) is 15.5. The number of nitriles is 1. The number of carbonyl (C=O) groups is 1. The molecule has 0 fully saturated rings. The standard InChI is InChI=1S/C15H15N3OS2/c1-10-11(2)21-15(17-10)18-14(19)9-20-8-13-5-3-12(7-16)4-6-13/h3-6H,8-9H2,1-2H3,(H,17,18,19). The van der Waals surface area contributed by atoms with Crippen molar-refractivity contribution in [3.63, 3.8) is 0 Å². The van der Waals surface area contributed by atoms with Crippen LogP contribution in [0.3, 0.4) is 0 Å². The van der Waals surface area contributed by atoms with Crippen molar-refractivity contribution in [2.45, 2.75) is 19.6 Å². The molecule has 6 heteroatoms. The zero-order valence-electron chi connectivity index (χ0n) is 11.8. The molecule has 0 bridgehead atoms. The van der Waals surface area contributed by atoms with Crippen LogP contribution in [0.15, 0.2) is 24.3 Å². The lowest BCUT2D eigenvalue weighted by Gasteiger charge is -2.02. The second kappa shape index (κ2) is 7.25. The zero-order chi connectivity index (χ0) is 15.2. The van der Waals surface area contributed by atoms with E-state index in [1.54, 1.807) is 23.9 Å². The highest BCUT2D eigenvalue weighted by Gasteiger charge is 2.08. The summed E-state index contributed by atoms with van der Waals surface area (Å²) in [5, 5.41) is 12.2. The van der Waals surface area contributed by atoms with Gasteiger partial charge in [0.05, 0.1) is 23.1 Å². The third-order valence-electron chi connectivity index (χ3n) is 2.86.